The van der Waals surface area contributed by atoms with Crippen LogP contribution in [-0.4, -0.2) is 9.97 Å². The average molecular weight is 237 g/mol. The third kappa shape index (κ3) is 1.18. The Hall–Kier alpha value is -0.830. The van der Waals surface area contributed by atoms with E-state index in [1.54, 1.807) is 0 Å². The number of nitrogens with one attached hydrogen (secondary N) is 1. The second-order valence-electron chi connectivity index (χ2n) is 3.53. The van der Waals surface area contributed by atoms with Crippen LogP contribution in [-0.2, 0) is 0 Å². The summed E-state index contributed by atoms with van der Waals surface area (Å²) in [5.41, 5.74) is 2.20. The van der Waals surface area contributed by atoms with E-state index in [0.29, 0.717) is 5.92 Å². The quantitative estimate of drug-likeness (QED) is 0.810. The lowest BCUT2D eigenvalue weighted by Gasteiger charge is -1.88. The molecule has 0 radical (unpaired) electrons. The fraction of sp³-hybridized carbons (Fsp3) is 0.300. The van der Waals surface area contributed by atoms with Gasteiger partial charge in [0.25, 0.3) is 0 Å². The van der Waals surface area contributed by atoms with Gasteiger partial charge in [-0.2, -0.15) is 0 Å². The van der Waals surface area contributed by atoms with Gasteiger partial charge in [0.2, 0.25) is 0 Å². The largest absolute Gasteiger partial charge is 0.342 e. The molecule has 3 heteroatoms. The van der Waals surface area contributed by atoms with Crippen LogP contribution in [0.3, 0.4) is 0 Å². The van der Waals surface area contributed by atoms with E-state index in [4.69, 9.17) is 0 Å². The van der Waals surface area contributed by atoms with Crippen LogP contribution in [0.4, 0.5) is 0 Å². The number of aromatic nitrogens is 2. The molecular formula is C10H9BrN2. The van der Waals surface area contributed by atoms with Crippen molar-refractivity contribution < 1.29 is 0 Å². The molecule has 0 spiro atoms. The number of nitrogens with zero attached hydrogens (tertiary/aromatic N) is 1. The summed E-state index contributed by atoms with van der Waals surface area (Å²) in [6.07, 6.45) is 2.58. The lowest BCUT2D eigenvalue weighted by Crippen LogP contribution is -1.79. The standard InChI is InChI=1S/C10H9BrN2/c11-7-2-1-3-8-9(7)13-10(12-8)6-4-5-6/h1-3,6H,4-5H2,(H,12,13). The van der Waals surface area contributed by atoms with E-state index in [2.05, 4.69) is 32.0 Å². The summed E-state index contributed by atoms with van der Waals surface area (Å²) in [6, 6.07) is 6.13. The zero-order valence-electron chi connectivity index (χ0n) is 7.05. The van der Waals surface area contributed by atoms with E-state index in [1.165, 1.54) is 12.8 Å². The number of aromatic amines is 1. The van der Waals surface area contributed by atoms with Crippen LogP contribution in [0.1, 0.15) is 24.6 Å². The van der Waals surface area contributed by atoms with Gasteiger partial charge in [-0.3, -0.25) is 0 Å². The Kier molecular flexibility index (Phi) is 1.50. The molecule has 1 aromatic carbocycles. The van der Waals surface area contributed by atoms with E-state index in [-0.39, 0.29) is 0 Å². The van der Waals surface area contributed by atoms with Crippen molar-refractivity contribution in [2.75, 3.05) is 0 Å². The van der Waals surface area contributed by atoms with Crippen LogP contribution in [0.5, 0.6) is 0 Å². The average Bonchev–Trinajstić information content (AvgIpc) is 2.87. The maximum Gasteiger partial charge on any atom is 0.110 e. The molecule has 0 unspecified atom stereocenters. The van der Waals surface area contributed by atoms with Gasteiger partial charge in [0.05, 0.1) is 5.52 Å². The first-order valence-corrected chi connectivity index (χ1v) is 5.28. The van der Waals surface area contributed by atoms with Gasteiger partial charge in [-0.25, -0.2) is 4.98 Å². The number of hydrogen-bond donors (Lipinski definition) is 1. The first-order valence-electron chi connectivity index (χ1n) is 4.49. The molecule has 1 aliphatic rings. The molecule has 2 aromatic rings. The topological polar surface area (TPSA) is 28.7 Å². The minimum Gasteiger partial charge on any atom is -0.342 e. The second kappa shape index (κ2) is 2.58. The molecule has 1 fully saturated rings. The number of H-pyrrole nitrogens is 1. The summed E-state index contributed by atoms with van der Waals surface area (Å²) < 4.78 is 1.08. The molecule has 0 aliphatic heterocycles. The highest BCUT2D eigenvalue weighted by molar-refractivity contribution is 9.10. The molecule has 0 atom stereocenters. The van der Waals surface area contributed by atoms with E-state index < -0.39 is 0 Å². The van der Waals surface area contributed by atoms with Crippen molar-refractivity contribution in [1.82, 2.24) is 9.97 Å². The lowest BCUT2D eigenvalue weighted by molar-refractivity contribution is 0.986. The minimum absolute atomic E-state index is 0.694. The van der Waals surface area contributed by atoms with Crippen molar-refractivity contribution in [2.24, 2.45) is 0 Å². The normalized spacial score (nSPS) is 16.7. The van der Waals surface area contributed by atoms with Gasteiger partial charge < -0.3 is 4.98 Å². The molecule has 0 bridgehead atoms. The molecule has 0 amide bonds. The van der Waals surface area contributed by atoms with Crippen molar-refractivity contribution >= 4 is 27.0 Å². The van der Waals surface area contributed by atoms with E-state index in [1.807, 2.05) is 12.1 Å². The Labute approximate surface area is 84.5 Å². The predicted molar refractivity (Wildman–Crippen MR) is 55.8 cm³/mol. The molecule has 66 valence electrons. The van der Waals surface area contributed by atoms with Gasteiger partial charge in [-0.1, -0.05) is 6.07 Å². The summed E-state index contributed by atoms with van der Waals surface area (Å²) in [6.45, 7) is 0. The molecule has 2 nitrogen and oxygen atoms in total. The highest BCUT2D eigenvalue weighted by Crippen LogP contribution is 2.39. The van der Waals surface area contributed by atoms with E-state index >= 15 is 0 Å². The number of hydrogen-bond acceptors (Lipinski definition) is 1. The maximum atomic E-state index is 4.57. The summed E-state index contributed by atoms with van der Waals surface area (Å²) in [5.74, 6) is 1.85. The number of imidazole rings is 1. The molecule has 1 saturated carbocycles. The van der Waals surface area contributed by atoms with Crippen LogP contribution < -0.4 is 0 Å². The highest BCUT2D eigenvalue weighted by Gasteiger charge is 2.26. The molecule has 1 N–H and O–H groups in total. The Bertz CT molecular complexity index is 457. The number of halogens is 1. The first kappa shape index (κ1) is 7.56. The van der Waals surface area contributed by atoms with Gasteiger partial charge >= 0.3 is 0 Å². The van der Waals surface area contributed by atoms with Gasteiger partial charge in [0, 0.05) is 10.4 Å². The Morgan fingerprint density at radius 3 is 2.92 bits per heavy atom. The molecule has 1 aliphatic carbocycles. The van der Waals surface area contributed by atoms with Crippen molar-refractivity contribution in [3.05, 3.63) is 28.5 Å². The predicted octanol–water partition coefficient (Wildman–Crippen LogP) is 3.20. The van der Waals surface area contributed by atoms with Crippen LogP contribution in [0.2, 0.25) is 0 Å². The van der Waals surface area contributed by atoms with Crippen molar-refractivity contribution in [1.29, 1.82) is 0 Å². The summed E-state index contributed by atoms with van der Waals surface area (Å²) in [7, 11) is 0. The summed E-state index contributed by atoms with van der Waals surface area (Å²) >= 11 is 3.50. The van der Waals surface area contributed by atoms with Crippen LogP contribution >= 0.6 is 15.9 Å². The fourth-order valence-corrected chi connectivity index (χ4v) is 2.02. The Balaban J connectivity index is 2.26. The zero-order valence-corrected chi connectivity index (χ0v) is 8.63. The number of benzene rings is 1. The van der Waals surface area contributed by atoms with Crippen molar-refractivity contribution in [2.45, 2.75) is 18.8 Å². The molecule has 1 aromatic heterocycles. The molecule has 0 saturated heterocycles. The smallest absolute Gasteiger partial charge is 0.110 e. The van der Waals surface area contributed by atoms with Gasteiger partial charge in [0.1, 0.15) is 11.3 Å². The van der Waals surface area contributed by atoms with E-state index in [0.717, 1.165) is 21.3 Å². The molecule has 1 heterocycles. The van der Waals surface area contributed by atoms with Gasteiger partial charge in [0.15, 0.2) is 0 Å². The maximum absolute atomic E-state index is 4.57. The number of fused-ring (bicyclic) bond motifs is 1. The lowest BCUT2D eigenvalue weighted by atomic mass is 10.3. The number of rotatable bonds is 1. The third-order valence-corrected chi connectivity index (χ3v) is 3.09. The van der Waals surface area contributed by atoms with Crippen molar-refractivity contribution in [3.8, 4) is 0 Å². The van der Waals surface area contributed by atoms with Crippen molar-refractivity contribution in [3.63, 3.8) is 0 Å². The second-order valence-corrected chi connectivity index (χ2v) is 4.39. The summed E-state index contributed by atoms with van der Waals surface area (Å²) in [5, 5.41) is 0. The third-order valence-electron chi connectivity index (χ3n) is 2.45. The number of para-hydroxylation sites is 1. The Morgan fingerprint density at radius 2 is 2.23 bits per heavy atom. The van der Waals surface area contributed by atoms with Crippen LogP contribution in [0, 0.1) is 0 Å². The summed E-state index contributed by atoms with van der Waals surface area (Å²) in [4.78, 5) is 7.93. The minimum atomic E-state index is 0.694. The Morgan fingerprint density at radius 1 is 1.38 bits per heavy atom. The molecule has 13 heavy (non-hydrogen) atoms. The fourth-order valence-electron chi connectivity index (χ4n) is 1.57. The van der Waals surface area contributed by atoms with Gasteiger partial charge in [-0.05, 0) is 40.9 Å². The van der Waals surface area contributed by atoms with Gasteiger partial charge in [-0.15, -0.1) is 0 Å². The molecular weight excluding hydrogens is 228 g/mol. The SMILES string of the molecule is Brc1cccc2[nH]c(C3CC3)nc12. The first-order chi connectivity index (χ1) is 6.34. The van der Waals surface area contributed by atoms with Crippen LogP contribution in [0.25, 0.3) is 11.0 Å². The molecule has 3 rings (SSSR count). The zero-order chi connectivity index (χ0) is 8.84. The van der Waals surface area contributed by atoms with Crippen LogP contribution in [0.15, 0.2) is 22.7 Å². The van der Waals surface area contributed by atoms with E-state index in [9.17, 15) is 0 Å². The highest BCUT2D eigenvalue weighted by atomic mass is 79.9. The monoisotopic (exact) mass is 236 g/mol.